The van der Waals surface area contributed by atoms with Gasteiger partial charge in [0.25, 0.3) is 0 Å². The molecular weight excluding hydrogens is 354 g/mol. The van der Waals surface area contributed by atoms with Crippen LogP contribution in [0.25, 0.3) is 0 Å². The van der Waals surface area contributed by atoms with Gasteiger partial charge in [-0.15, -0.1) is 0 Å². The van der Waals surface area contributed by atoms with Crippen molar-refractivity contribution in [3.8, 4) is 0 Å². The lowest BCUT2D eigenvalue weighted by Crippen LogP contribution is -2.43. The maximum atomic E-state index is 5.71. The number of aliphatic imine (C=N–C) groups is 1. The van der Waals surface area contributed by atoms with Crippen molar-refractivity contribution in [3.05, 3.63) is 17.3 Å². The van der Waals surface area contributed by atoms with Gasteiger partial charge in [-0.25, -0.2) is 4.98 Å². The van der Waals surface area contributed by atoms with Gasteiger partial charge in [-0.1, -0.05) is 13.8 Å². The standard InChI is InChI=1S/C21H39N5O2/c1-16(2)15-27-12-6-9-23-21(22-5)24-13-19-7-10-26(11-8-19)14-20-25-17(3)18(4)28-20/h16,19H,6-15H2,1-5H3,(H2,22,23,24). The van der Waals surface area contributed by atoms with Crippen molar-refractivity contribution in [2.75, 3.05) is 46.4 Å². The Kier molecular flexibility index (Phi) is 9.78. The summed E-state index contributed by atoms with van der Waals surface area (Å²) < 4.78 is 11.3. The first kappa shape index (κ1) is 22.7. The largest absolute Gasteiger partial charge is 0.444 e. The van der Waals surface area contributed by atoms with E-state index in [2.05, 4.69) is 39.4 Å². The highest BCUT2D eigenvalue weighted by molar-refractivity contribution is 5.79. The monoisotopic (exact) mass is 393 g/mol. The third-order valence-electron chi connectivity index (χ3n) is 5.13. The third kappa shape index (κ3) is 8.19. The van der Waals surface area contributed by atoms with Crippen LogP contribution in [0.1, 0.15) is 50.5 Å². The molecule has 2 N–H and O–H groups in total. The summed E-state index contributed by atoms with van der Waals surface area (Å²) in [5, 5.41) is 6.85. The molecule has 1 aromatic rings. The number of ether oxygens (including phenoxy) is 1. The molecule has 0 radical (unpaired) electrons. The summed E-state index contributed by atoms with van der Waals surface area (Å²) in [5.74, 6) is 3.93. The SMILES string of the molecule is CN=C(NCCCOCC(C)C)NCC1CCN(Cc2nc(C)c(C)o2)CC1. The first-order valence-corrected chi connectivity index (χ1v) is 10.7. The molecule has 0 aromatic carbocycles. The predicted molar refractivity (Wildman–Crippen MR) is 114 cm³/mol. The maximum absolute atomic E-state index is 5.71. The van der Waals surface area contributed by atoms with Crippen molar-refractivity contribution in [2.45, 2.75) is 53.5 Å². The second-order valence-corrected chi connectivity index (χ2v) is 8.17. The number of likely N-dealkylation sites (tertiary alicyclic amines) is 1. The number of aryl methyl sites for hydroxylation is 2. The van der Waals surface area contributed by atoms with Crippen LogP contribution in [0.15, 0.2) is 9.41 Å². The van der Waals surface area contributed by atoms with E-state index in [0.29, 0.717) is 11.8 Å². The van der Waals surface area contributed by atoms with E-state index in [9.17, 15) is 0 Å². The summed E-state index contributed by atoms with van der Waals surface area (Å²) in [5.41, 5.74) is 0.999. The van der Waals surface area contributed by atoms with E-state index in [4.69, 9.17) is 9.15 Å². The molecule has 1 aromatic heterocycles. The van der Waals surface area contributed by atoms with Crippen LogP contribution < -0.4 is 10.6 Å². The fourth-order valence-electron chi connectivity index (χ4n) is 3.31. The van der Waals surface area contributed by atoms with Gasteiger partial charge in [0, 0.05) is 33.4 Å². The number of rotatable bonds is 10. The van der Waals surface area contributed by atoms with E-state index in [0.717, 1.165) is 75.7 Å². The van der Waals surface area contributed by atoms with Crippen molar-refractivity contribution < 1.29 is 9.15 Å². The lowest BCUT2D eigenvalue weighted by atomic mass is 9.97. The molecule has 7 heteroatoms. The molecule has 0 amide bonds. The summed E-state index contributed by atoms with van der Waals surface area (Å²) in [6, 6.07) is 0. The molecule has 0 saturated carbocycles. The highest BCUT2D eigenvalue weighted by Crippen LogP contribution is 2.19. The lowest BCUT2D eigenvalue weighted by Gasteiger charge is -2.31. The number of guanidine groups is 1. The van der Waals surface area contributed by atoms with Gasteiger partial charge in [0.15, 0.2) is 5.96 Å². The second-order valence-electron chi connectivity index (χ2n) is 8.17. The molecule has 1 saturated heterocycles. The van der Waals surface area contributed by atoms with Gasteiger partial charge in [0.1, 0.15) is 5.76 Å². The predicted octanol–water partition coefficient (Wildman–Crippen LogP) is 2.73. The molecule has 28 heavy (non-hydrogen) atoms. The van der Waals surface area contributed by atoms with Gasteiger partial charge >= 0.3 is 0 Å². The molecule has 0 spiro atoms. The Labute approximate surface area is 170 Å². The van der Waals surface area contributed by atoms with Crippen LogP contribution in [0.5, 0.6) is 0 Å². The van der Waals surface area contributed by atoms with Gasteiger partial charge in [-0.2, -0.15) is 0 Å². The Balaban J connectivity index is 1.57. The summed E-state index contributed by atoms with van der Waals surface area (Å²) >= 11 is 0. The summed E-state index contributed by atoms with van der Waals surface area (Å²) in [6.45, 7) is 14.8. The zero-order valence-electron chi connectivity index (χ0n) is 18.4. The molecule has 2 heterocycles. The molecular formula is C21H39N5O2. The quantitative estimate of drug-likeness (QED) is 0.362. The van der Waals surface area contributed by atoms with E-state index in [1.54, 1.807) is 0 Å². The Morgan fingerprint density at radius 1 is 1.29 bits per heavy atom. The number of oxazole rings is 1. The first-order chi connectivity index (χ1) is 13.5. The first-order valence-electron chi connectivity index (χ1n) is 10.7. The van der Waals surface area contributed by atoms with Crippen molar-refractivity contribution in [1.29, 1.82) is 0 Å². The van der Waals surface area contributed by atoms with Crippen LogP contribution in [0.3, 0.4) is 0 Å². The molecule has 1 aliphatic rings. The molecule has 7 nitrogen and oxygen atoms in total. The van der Waals surface area contributed by atoms with E-state index >= 15 is 0 Å². The molecule has 1 aliphatic heterocycles. The Morgan fingerprint density at radius 3 is 2.64 bits per heavy atom. The van der Waals surface area contributed by atoms with Crippen molar-refractivity contribution in [3.63, 3.8) is 0 Å². The average molecular weight is 394 g/mol. The number of nitrogens with one attached hydrogen (secondary N) is 2. The van der Waals surface area contributed by atoms with Crippen molar-refractivity contribution >= 4 is 5.96 Å². The van der Waals surface area contributed by atoms with Gasteiger partial charge in [-0.3, -0.25) is 9.89 Å². The molecule has 1 fully saturated rings. The van der Waals surface area contributed by atoms with Crippen LogP contribution in [0.2, 0.25) is 0 Å². The second kappa shape index (κ2) is 12.1. The minimum absolute atomic E-state index is 0.595. The molecule has 160 valence electrons. The minimum atomic E-state index is 0.595. The van der Waals surface area contributed by atoms with E-state index in [-0.39, 0.29) is 0 Å². The minimum Gasteiger partial charge on any atom is -0.444 e. The summed E-state index contributed by atoms with van der Waals surface area (Å²) in [7, 11) is 1.83. The van der Waals surface area contributed by atoms with Gasteiger partial charge in [0.2, 0.25) is 5.89 Å². The normalized spacial score (nSPS) is 16.7. The van der Waals surface area contributed by atoms with Crippen LogP contribution >= 0.6 is 0 Å². The zero-order valence-corrected chi connectivity index (χ0v) is 18.4. The molecule has 0 unspecified atom stereocenters. The topological polar surface area (TPSA) is 74.9 Å². The van der Waals surface area contributed by atoms with Crippen LogP contribution in [0, 0.1) is 25.7 Å². The Bertz CT molecular complexity index is 572. The Hall–Kier alpha value is -1.60. The van der Waals surface area contributed by atoms with E-state index in [1.165, 1.54) is 12.8 Å². The number of piperidine rings is 1. The molecule has 0 atom stereocenters. The maximum Gasteiger partial charge on any atom is 0.208 e. The lowest BCUT2D eigenvalue weighted by molar-refractivity contribution is 0.108. The Morgan fingerprint density at radius 2 is 2.04 bits per heavy atom. The summed E-state index contributed by atoms with van der Waals surface area (Å²) in [6.07, 6.45) is 3.36. The third-order valence-corrected chi connectivity index (χ3v) is 5.13. The number of hydrogen-bond donors (Lipinski definition) is 2. The van der Waals surface area contributed by atoms with Crippen LogP contribution in [-0.2, 0) is 11.3 Å². The van der Waals surface area contributed by atoms with Crippen LogP contribution in [-0.4, -0.2) is 62.3 Å². The molecule has 0 bridgehead atoms. The fourth-order valence-corrected chi connectivity index (χ4v) is 3.31. The van der Waals surface area contributed by atoms with E-state index < -0.39 is 0 Å². The average Bonchev–Trinajstić information content (AvgIpc) is 2.98. The fraction of sp³-hybridized carbons (Fsp3) is 0.810. The highest BCUT2D eigenvalue weighted by atomic mass is 16.5. The van der Waals surface area contributed by atoms with Crippen molar-refractivity contribution in [2.24, 2.45) is 16.8 Å². The van der Waals surface area contributed by atoms with Gasteiger partial charge < -0.3 is 19.8 Å². The highest BCUT2D eigenvalue weighted by Gasteiger charge is 2.21. The van der Waals surface area contributed by atoms with Gasteiger partial charge in [-0.05, 0) is 58.0 Å². The molecule has 2 rings (SSSR count). The number of hydrogen-bond acceptors (Lipinski definition) is 5. The number of nitrogens with zero attached hydrogens (tertiary/aromatic N) is 3. The van der Waals surface area contributed by atoms with E-state index in [1.807, 2.05) is 20.9 Å². The smallest absolute Gasteiger partial charge is 0.208 e. The zero-order chi connectivity index (χ0) is 20.4. The van der Waals surface area contributed by atoms with Crippen LogP contribution in [0.4, 0.5) is 0 Å². The summed E-state index contributed by atoms with van der Waals surface area (Å²) in [4.78, 5) is 11.3. The molecule has 0 aliphatic carbocycles. The van der Waals surface area contributed by atoms with Gasteiger partial charge in [0.05, 0.1) is 12.2 Å². The van der Waals surface area contributed by atoms with Crippen molar-refractivity contribution in [1.82, 2.24) is 20.5 Å². The number of aromatic nitrogens is 1.